The molecule has 0 fully saturated rings. The molecule has 0 aromatic heterocycles. The lowest BCUT2D eigenvalue weighted by Crippen LogP contribution is -2.08. The van der Waals surface area contributed by atoms with Gasteiger partial charge in [0.2, 0.25) is 0 Å². The van der Waals surface area contributed by atoms with Crippen LogP contribution in [0.15, 0.2) is 72.7 Å². The number of nitrogens with zero attached hydrogens (tertiary/aromatic N) is 4. The highest BCUT2D eigenvalue weighted by atomic mass is 32.2. The van der Waals surface area contributed by atoms with Crippen LogP contribution in [0.3, 0.4) is 0 Å². The molecule has 0 aliphatic carbocycles. The van der Waals surface area contributed by atoms with E-state index < -0.39 is 30.9 Å². The highest BCUT2D eigenvalue weighted by Gasteiger charge is 2.17. The Hall–Kier alpha value is -3.37. The average molecular weight is 594 g/mol. The Morgan fingerprint density at radius 1 is 0.795 bits per heavy atom. The summed E-state index contributed by atoms with van der Waals surface area (Å²) in [7, 11) is -8.75. The molecule has 3 aromatic rings. The van der Waals surface area contributed by atoms with Gasteiger partial charge in [-0.3, -0.25) is 9.11 Å². The summed E-state index contributed by atoms with van der Waals surface area (Å²) in [6.45, 7) is 5.33. The van der Waals surface area contributed by atoms with E-state index >= 15 is 0 Å². The lowest BCUT2D eigenvalue weighted by atomic mass is 10.1. The highest BCUT2D eigenvalue weighted by Crippen LogP contribution is 2.38. The molecule has 4 N–H and O–H groups in total. The number of nitrogen functional groups attached to an aromatic ring is 1. The molecule has 3 rings (SSSR count). The van der Waals surface area contributed by atoms with E-state index in [0.29, 0.717) is 27.5 Å². The lowest BCUT2D eigenvalue weighted by Gasteiger charge is -2.11. The molecule has 3 aromatic carbocycles. The van der Waals surface area contributed by atoms with Crippen LogP contribution in [0.1, 0.15) is 23.1 Å². The number of ether oxygens (including phenoxy) is 1. The molecule has 0 heterocycles. The number of benzene rings is 3. The summed E-state index contributed by atoms with van der Waals surface area (Å²) in [5, 5.41) is 16.7. The summed E-state index contributed by atoms with van der Waals surface area (Å²) < 4.78 is 69.9. The minimum absolute atomic E-state index is 0.00417. The summed E-state index contributed by atoms with van der Waals surface area (Å²) in [6, 6.07) is 10.7. The van der Waals surface area contributed by atoms with E-state index in [1.807, 2.05) is 13.8 Å². The van der Waals surface area contributed by atoms with E-state index in [-0.39, 0.29) is 30.2 Å². The Bertz CT molecular complexity index is 1670. The lowest BCUT2D eigenvalue weighted by molar-refractivity contribution is 0.317. The quantitative estimate of drug-likeness (QED) is 0.0699. The van der Waals surface area contributed by atoms with Crippen LogP contribution in [-0.2, 0) is 20.2 Å². The molecular formula is C24H27N5O7S3. The molecule has 0 saturated carbocycles. The third kappa shape index (κ3) is 8.56. The van der Waals surface area contributed by atoms with Crippen molar-refractivity contribution >= 4 is 61.3 Å². The molecule has 0 bridgehead atoms. The fraction of sp³-hybridized carbons (Fsp3) is 0.250. The summed E-state index contributed by atoms with van der Waals surface area (Å²) >= 11 is 4.09. The first-order valence-corrected chi connectivity index (χ1v) is 14.9. The van der Waals surface area contributed by atoms with Crippen LogP contribution in [0.4, 0.5) is 28.4 Å². The first-order chi connectivity index (χ1) is 18.1. The van der Waals surface area contributed by atoms with Crippen LogP contribution in [0, 0.1) is 20.8 Å². The molecule has 0 saturated heterocycles. The summed E-state index contributed by atoms with van der Waals surface area (Å²) in [5.41, 5.74) is 9.87. The number of nitrogens with two attached hydrogens (primary N) is 1. The summed E-state index contributed by atoms with van der Waals surface area (Å²) in [6.07, 6.45) is 0.00417. The fourth-order valence-corrected chi connectivity index (χ4v) is 4.75. The van der Waals surface area contributed by atoms with Crippen molar-refractivity contribution in [2.75, 3.05) is 18.1 Å². The first kappa shape index (κ1) is 30.2. The van der Waals surface area contributed by atoms with Gasteiger partial charge in [0, 0.05) is 16.6 Å². The molecule has 15 heteroatoms. The van der Waals surface area contributed by atoms with E-state index in [2.05, 4.69) is 33.1 Å². The molecule has 0 amide bonds. The van der Waals surface area contributed by atoms with E-state index in [0.717, 1.165) is 17.2 Å². The number of anilines is 1. The smallest absolute Gasteiger partial charge is 0.296 e. The van der Waals surface area contributed by atoms with Gasteiger partial charge in [-0.05, 0) is 80.3 Å². The van der Waals surface area contributed by atoms with Gasteiger partial charge in [0.15, 0.2) is 0 Å². The zero-order valence-electron chi connectivity index (χ0n) is 21.2. The van der Waals surface area contributed by atoms with Gasteiger partial charge in [-0.2, -0.15) is 27.1 Å². The van der Waals surface area contributed by atoms with Gasteiger partial charge in [-0.25, -0.2) is 0 Å². The van der Waals surface area contributed by atoms with Crippen molar-refractivity contribution < 1.29 is 30.7 Å². The fourth-order valence-electron chi connectivity index (χ4n) is 3.33. The second-order valence-corrected chi connectivity index (χ2v) is 12.1. The van der Waals surface area contributed by atoms with Crippen molar-refractivity contribution in [2.45, 2.75) is 37.0 Å². The Morgan fingerprint density at radius 2 is 1.36 bits per heavy atom. The monoisotopic (exact) mass is 593 g/mol. The van der Waals surface area contributed by atoms with Crippen molar-refractivity contribution in [3.63, 3.8) is 0 Å². The average Bonchev–Trinajstić information content (AvgIpc) is 2.82. The van der Waals surface area contributed by atoms with Gasteiger partial charge in [0.1, 0.15) is 22.0 Å². The minimum atomic E-state index is -4.59. The third-order valence-electron chi connectivity index (χ3n) is 5.42. The number of azo groups is 2. The van der Waals surface area contributed by atoms with E-state index in [1.54, 1.807) is 25.1 Å². The molecular weight excluding hydrogens is 566 g/mol. The van der Waals surface area contributed by atoms with Crippen molar-refractivity contribution in [3.8, 4) is 5.75 Å². The van der Waals surface area contributed by atoms with Crippen LogP contribution >= 0.6 is 12.6 Å². The SMILES string of the molecule is Cc1cc(N=Nc2cc(C)c(N=Nc3ccc(S)cc3S(=O)(=O)O)cc2OCCCS(=O)(=O)O)c(C)cc1N. The van der Waals surface area contributed by atoms with Gasteiger partial charge in [0.25, 0.3) is 20.2 Å². The normalized spacial score (nSPS) is 12.5. The highest BCUT2D eigenvalue weighted by molar-refractivity contribution is 7.86. The topological polar surface area (TPSA) is 193 Å². The molecule has 0 aliphatic heterocycles. The largest absolute Gasteiger partial charge is 0.491 e. The van der Waals surface area contributed by atoms with Crippen LogP contribution < -0.4 is 10.5 Å². The maximum Gasteiger partial charge on any atom is 0.296 e. The van der Waals surface area contributed by atoms with Gasteiger partial charge < -0.3 is 10.5 Å². The van der Waals surface area contributed by atoms with E-state index in [9.17, 15) is 21.4 Å². The van der Waals surface area contributed by atoms with Crippen LogP contribution in [0.2, 0.25) is 0 Å². The Kier molecular flexibility index (Phi) is 9.45. The molecule has 0 atom stereocenters. The Morgan fingerprint density at radius 3 is 2.00 bits per heavy atom. The number of rotatable bonds is 10. The van der Waals surface area contributed by atoms with Crippen molar-refractivity contribution in [3.05, 3.63) is 59.2 Å². The molecule has 0 spiro atoms. The maximum absolute atomic E-state index is 11.8. The van der Waals surface area contributed by atoms with Crippen molar-refractivity contribution in [2.24, 2.45) is 20.5 Å². The molecule has 0 unspecified atom stereocenters. The predicted molar refractivity (Wildman–Crippen MR) is 150 cm³/mol. The second-order valence-electron chi connectivity index (χ2n) is 8.62. The van der Waals surface area contributed by atoms with Gasteiger partial charge in [-0.1, -0.05) is 0 Å². The van der Waals surface area contributed by atoms with Gasteiger partial charge in [0.05, 0.1) is 23.7 Å². The minimum Gasteiger partial charge on any atom is -0.491 e. The van der Waals surface area contributed by atoms with Crippen LogP contribution in [0.5, 0.6) is 5.75 Å². The van der Waals surface area contributed by atoms with Crippen LogP contribution in [0.25, 0.3) is 0 Å². The molecule has 39 heavy (non-hydrogen) atoms. The number of aryl methyl sites for hydroxylation is 3. The number of thiol groups is 1. The second kappa shape index (κ2) is 12.2. The standard InChI is InChI=1S/C24H27N5O7S3/c1-14-10-20(15(2)9-18(14)25)27-29-22-11-16(3)21(13-23(22)36-7-4-8-38(30,31)32)28-26-19-6-5-17(37)12-24(19)39(33,34)35/h5-6,9-13,37H,4,7-8,25H2,1-3H3,(H,30,31,32)(H,33,34,35). The maximum atomic E-state index is 11.8. The Balaban J connectivity index is 2.01. The zero-order chi connectivity index (χ0) is 29.0. The van der Waals surface area contributed by atoms with E-state index in [1.165, 1.54) is 18.2 Å². The van der Waals surface area contributed by atoms with Crippen molar-refractivity contribution in [1.82, 2.24) is 0 Å². The molecule has 0 radical (unpaired) electrons. The van der Waals surface area contributed by atoms with Crippen LogP contribution in [-0.4, -0.2) is 38.3 Å². The molecule has 0 aliphatic rings. The zero-order valence-corrected chi connectivity index (χ0v) is 23.8. The first-order valence-electron chi connectivity index (χ1n) is 11.4. The summed E-state index contributed by atoms with van der Waals surface area (Å²) in [5.74, 6) is -0.301. The number of hydrogen-bond acceptors (Lipinski definition) is 11. The van der Waals surface area contributed by atoms with Gasteiger partial charge >= 0.3 is 0 Å². The van der Waals surface area contributed by atoms with E-state index in [4.69, 9.17) is 15.0 Å². The Labute approximate surface area is 231 Å². The molecule has 12 nitrogen and oxygen atoms in total. The predicted octanol–water partition coefficient (Wildman–Crippen LogP) is 6.22. The number of hydrogen-bond donors (Lipinski definition) is 4. The van der Waals surface area contributed by atoms with Gasteiger partial charge in [-0.15, -0.1) is 22.9 Å². The third-order valence-corrected chi connectivity index (χ3v) is 7.38. The van der Waals surface area contributed by atoms with Crippen molar-refractivity contribution in [1.29, 1.82) is 0 Å². The summed E-state index contributed by atoms with van der Waals surface area (Å²) in [4.78, 5) is -0.155. The molecule has 208 valence electrons.